The minimum Gasteiger partial charge on any atom is -0.478 e. The van der Waals surface area contributed by atoms with E-state index < -0.39 is 18.1 Å². The molecule has 246 valence electrons. The molecule has 0 aliphatic rings. The average Bonchev–Trinajstić information content (AvgIpc) is 3.05. The third kappa shape index (κ3) is 9.18. The summed E-state index contributed by atoms with van der Waals surface area (Å²) in [6.07, 6.45) is -0.954. The third-order valence-electron chi connectivity index (χ3n) is 7.46. The molecule has 0 saturated carbocycles. The number of carbonyl (C=O) groups is 4. The summed E-state index contributed by atoms with van der Waals surface area (Å²) in [6, 6.07) is 18.2. The van der Waals surface area contributed by atoms with Crippen molar-refractivity contribution < 1.29 is 37.5 Å². The van der Waals surface area contributed by atoms with Gasteiger partial charge in [-0.05, 0) is 92.1 Å². The summed E-state index contributed by atoms with van der Waals surface area (Å²) in [6.45, 7) is 6.51. The van der Waals surface area contributed by atoms with Crippen LogP contribution in [0.5, 0.6) is 0 Å². The van der Waals surface area contributed by atoms with E-state index in [0.717, 1.165) is 19.3 Å². The van der Waals surface area contributed by atoms with Crippen molar-refractivity contribution in [2.24, 2.45) is 0 Å². The minimum absolute atomic E-state index is 0.0560. The van der Waals surface area contributed by atoms with Gasteiger partial charge in [0.2, 0.25) is 0 Å². The molecular weight excluding hydrogens is 599 g/mol. The fraction of sp³-hybridized carbons (Fsp3) is 0.371. The molecular formula is C35H40F3N3O5. The lowest BCUT2D eigenvalue weighted by Gasteiger charge is -2.26. The molecule has 3 rings (SSSR count). The van der Waals surface area contributed by atoms with Gasteiger partial charge in [-0.25, -0.2) is 4.79 Å². The Kier molecular flexibility index (Phi) is 12.9. The first-order valence-electron chi connectivity index (χ1n) is 15.5. The molecule has 0 saturated heterocycles. The summed E-state index contributed by atoms with van der Waals surface area (Å²) in [7, 11) is 0. The molecule has 3 aromatic carbocycles. The van der Waals surface area contributed by atoms with E-state index in [-0.39, 0.29) is 35.2 Å². The predicted molar refractivity (Wildman–Crippen MR) is 173 cm³/mol. The van der Waals surface area contributed by atoms with Crippen LogP contribution in [0.3, 0.4) is 0 Å². The second kappa shape index (κ2) is 16.6. The molecule has 0 aliphatic heterocycles. The maximum absolute atomic E-state index is 13.7. The van der Waals surface area contributed by atoms with E-state index in [0.29, 0.717) is 54.2 Å². The lowest BCUT2D eigenvalue weighted by Crippen LogP contribution is -2.41. The molecule has 0 unspecified atom stereocenters. The number of unbranched alkanes of at least 4 members (excludes halogenated alkanes) is 3. The van der Waals surface area contributed by atoms with Crippen molar-refractivity contribution in [3.63, 3.8) is 0 Å². The van der Waals surface area contributed by atoms with Gasteiger partial charge in [0.15, 0.2) is 0 Å². The number of nitrogens with zero attached hydrogens (tertiary/aromatic N) is 3. The van der Waals surface area contributed by atoms with Crippen molar-refractivity contribution in [2.75, 3.05) is 34.3 Å². The zero-order valence-corrected chi connectivity index (χ0v) is 26.3. The van der Waals surface area contributed by atoms with Crippen molar-refractivity contribution in [1.29, 1.82) is 0 Å². The molecule has 3 aromatic rings. The molecule has 0 spiro atoms. The van der Waals surface area contributed by atoms with Crippen LogP contribution in [0.4, 0.5) is 30.2 Å². The number of halogens is 3. The van der Waals surface area contributed by atoms with Gasteiger partial charge in [0.1, 0.15) is 0 Å². The molecule has 0 aliphatic carbocycles. The summed E-state index contributed by atoms with van der Waals surface area (Å²) < 4.78 is 39.7. The highest BCUT2D eigenvalue weighted by Gasteiger charge is 2.42. The van der Waals surface area contributed by atoms with E-state index in [9.17, 15) is 37.5 Å². The Balaban J connectivity index is 1.86. The normalized spacial score (nSPS) is 11.2. The molecule has 46 heavy (non-hydrogen) atoms. The molecule has 0 fully saturated rings. The molecule has 3 amide bonds. The summed E-state index contributed by atoms with van der Waals surface area (Å²) in [5.74, 6) is -3.66. The highest BCUT2D eigenvalue weighted by atomic mass is 19.4. The number of carboxylic acid groups (broad SMARTS) is 1. The van der Waals surface area contributed by atoms with Gasteiger partial charge in [0.25, 0.3) is 11.8 Å². The van der Waals surface area contributed by atoms with Gasteiger partial charge in [-0.1, -0.05) is 40.0 Å². The molecule has 0 heterocycles. The van der Waals surface area contributed by atoms with Crippen LogP contribution in [0.15, 0.2) is 72.8 Å². The van der Waals surface area contributed by atoms with E-state index >= 15 is 0 Å². The topological polar surface area (TPSA) is 98.2 Å². The van der Waals surface area contributed by atoms with Crippen molar-refractivity contribution in [3.05, 3.63) is 89.5 Å². The quantitative estimate of drug-likeness (QED) is 0.182. The van der Waals surface area contributed by atoms with Gasteiger partial charge < -0.3 is 19.8 Å². The van der Waals surface area contributed by atoms with Gasteiger partial charge in [-0.15, -0.1) is 0 Å². The third-order valence-corrected chi connectivity index (χ3v) is 7.46. The Morgan fingerprint density at radius 2 is 0.848 bits per heavy atom. The first kappa shape index (κ1) is 35.8. The largest absolute Gasteiger partial charge is 0.478 e. The summed E-state index contributed by atoms with van der Waals surface area (Å²) >= 11 is 0. The molecule has 1 N–H and O–H groups in total. The number of anilines is 3. The van der Waals surface area contributed by atoms with Crippen LogP contribution >= 0.6 is 0 Å². The highest BCUT2D eigenvalue weighted by Crippen LogP contribution is 2.27. The average molecular weight is 640 g/mol. The second-order valence-electron chi connectivity index (χ2n) is 10.9. The fourth-order valence-corrected chi connectivity index (χ4v) is 4.81. The van der Waals surface area contributed by atoms with Crippen LogP contribution in [0, 0.1) is 0 Å². The number of carboxylic acids is 1. The van der Waals surface area contributed by atoms with Crippen molar-refractivity contribution >= 4 is 40.8 Å². The van der Waals surface area contributed by atoms with E-state index in [1.807, 2.05) is 20.8 Å². The number of rotatable bonds is 15. The van der Waals surface area contributed by atoms with Crippen LogP contribution in [0.1, 0.15) is 90.4 Å². The van der Waals surface area contributed by atoms with Gasteiger partial charge in [0.05, 0.1) is 5.56 Å². The van der Waals surface area contributed by atoms with Crippen molar-refractivity contribution in [3.8, 4) is 0 Å². The maximum Gasteiger partial charge on any atom is 0.471 e. The lowest BCUT2D eigenvalue weighted by molar-refractivity contribution is -0.170. The van der Waals surface area contributed by atoms with E-state index in [1.165, 1.54) is 36.4 Å². The number of alkyl halides is 3. The fourth-order valence-electron chi connectivity index (χ4n) is 4.81. The Morgan fingerprint density at radius 1 is 0.543 bits per heavy atom. The SMILES string of the molecule is CCCCN(C(=O)c1ccc(N(CCCC)C(=O)c2ccc(N(CCCC)C(=O)C(F)(F)F)cc2)cc1)c1ccc(C(=O)O)cc1. The maximum atomic E-state index is 13.7. The highest BCUT2D eigenvalue weighted by molar-refractivity contribution is 6.08. The van der Waals surface area contributed by atoms with E-state index in [1.54, 1.807) is 46.2 Å². The summed E-state index contributed by atoms with van der Waals surface area (Å²) in [5, 5.41) is 9.23. The first-order valence-corrected chi connectivity index (χ1v) is 15.5. The second-order valence-corrected chi connectivity index (χ2v) is 10.9. The monoisotopic (exact) mass is 639 g/mol. The van der Waals surface area contributed by atoms with Crippen molar-refractivity contribution in [2.45, 2.75) is 65.5 Å². The number of hydrogen-bond donors (Lipinski definition) is 1. The molecule has 0 radical (unpaired) electrons. The van der Waals surface area contributed by atoms with Crippen LogP contribution < -0.4 is 14.7 Å². The molecule has 8 nitrogen and oxygen atoms in total. The predicted octanol–water partition coefficient (Wildman–Crippen LogP) is 7.97. The minimum atomic E-state index is -5.02. The molecule has 0 aromatic heterocycles. The van der Waals surface area contributed by atoms with Gasteiger partial charge in [-0.3, -0.25) is 14.4 Å². The summed E-state index contributed by atoms with van der Waals surface area (Å²) in [4.78, 5) is 54.4. The van der Waals surface area contributed by atoms with Crippen LogP contribution in [0.25, 0.3) is 0 Å². The first-order chi connectivity index (χ1) is 21.9. The Hall–Kier alpha value is -4.67. The van der Waals surface area contributed by atoms with E-state index in [4.69, 9.17) is 0 Å². The van der Waals surface area contributed by atoms with E-state index in [2.05, 4.69) is 0 Å². The Labute approximate surface area is 267 Å². The molecule has 0 atom stereocenters. The van der Waals surface area contributed by atoms with Gasteiger partial charge in [-0.2, -0.15) is 13.2 Å². The Bertz CT molecular complexity index is 1470. The number of aromatic carboxylic acids is 1. The zero-order chi connectivity index (χ0) is 33.9. The lowest BCUT2D eigenvalue weighted by atomic mass is 10.1. The number of carbonyl (C=O) groups excluding carboxylic acids is 3. The standard InChI is InChI=1S/C35H40F3N3O5/c1-4-7-22-39(32(43)26-12-18-30(19-13-26)41(24-9-6-3)34(46)35(36,37)38)28-16-10-25(11-17-28)31(42)40(23-8-5-2)29-20-14-27(15-21-29)33(44)45/h10-21H,4-9,22-24H2,1-3H3,(H,44,45). The van der Waals surface area contributed by atoms with Crippen LogP contribution in [-0.2, 0) is 4.79 Å². The zero-order valence-electron chi connectivity index (χ0n) is 26.3. The summed E-state index contributed by atoms with van der Waals surface area (Å²) in [5.41, 5.74) is 1.91. The number of benzene rings is 3. The molecule has 0 bridgehead atoms. The smallest absolute Gasteiger partial charge is 0.471 e. The number of hydrogen-bond acceptors (Lipinski definition) is 4. The van der Waals surface area contributed by atoms with Gasteiger partial charge in [0, 0.05) is 47.8 Å². The number of amides is 3. The van der Waals surface area contributed by atoms with Crippen LogP contribution in [-0.4, -0.2) is 54.6 Å². The molecule has 11 heteroatoms. The van der Waals surface area contributed by atoms with Crippen molar-refractivity contribution in [1.82, 2.24) is 0 Å². The van der Waals surface area contributed by atoms with Crippen LogP contribution in [0.2, 0.25) is 0 Å². The van der Waals surface area contributed by atoms with Gasteiger partial charge >= 0.3 is 18.1 Å². The Morgan fingerprint density at radius 3 is 1.15 bits per heavy atom.